The molecule has 0 aromatic carbocycles. The molecule has 1 fully saturated rings. The van der Waals surface area contributed by atoms with E-state index < -0.39 is 0 Å². The average Bonchev–Trinajstić information content (AvgIpc) is 2.69. The maximum Gasteiger partial charge on any atom is 0.159 e. The van der Waals surface area contributed by atoms with E-state index in [-0.39, 0.29) is 0 Å². The van der Waals surface area contributed by atoms with Crippen molar-refractivity contribution < 1.29 is 9.47 Å². The minimum Gasteiger partial charge on any atom is -0.493 e. The predicted molar refractivity (Wildman–Crippen MR) is 65.4 cm³/mol. The van der Waals surface area contributed by atoms with E-state index in [0.717, 1.165) is 44.3 Å². The van der Waals surface area contributed by atoms with Crippen molar-refractivity contribution in [3.05, 3.63) is 11.9 Å². The third-order valence-electron chi connectivity index (χ3n) is 3.38. The Morgan fingerprint density at radius 3 is 3.00 bits per heavy atom. The van der Waals surface area contributed by atoms with Crippen molar-refractivity contribution >= 4 is 0 Å². The van der Waals surface area contributed by atoms with Crippen LogP contribution in [0.5, 0.6) is 5.75 Å². The predicted octanol–water partition coefficient (Wildman–Crippen LogP) is 0.921. The van der Waals surface area contributed by atoms with Gasteiger partial charge in [-0.1, -0.05) is 0 Å². The van der Waals surface area contributed by atoms with E-state index in [2.05, 4.69) is 16.9 Å². The maximum atomic E-state index is 5.43. The van der Waals surface area contributed by atoms with Gasteiger partial charge < -0.3 is 9.47 Å². The fraction of sp³-hybridized carbons (Fsp3) is 0.750. The number of morpholine rings is 1. The molecule has 17 heavy (non-hydrogen) atoms. The van der Waals surface area contributed by atoms with Crippen molar-refractivity contribution in [3.8, 4) is 5.75 Å². The Morgan fingerprint density at radius 2 is 2.35 bits per heavy atom. The summed E-state index contributed by atoms with van der Waals surface area (Å²) in [7, 11) is 1.68. The van der Waals surface area contributed by atoms with E-state index in [9.17, 15) is 0 Å². The topological polar surface area (TPSA) is 39.5 Å². The molecule has 1 aromatic rings. The molecule has 0 unspecified atom stereocenters. The zero-order valence-corrected chi connectivity index (χ0v) is 10.8. The number of hydrogen-bond donors (Lipinski definition) is 0. The van der Waals surface area contributed by atoms with Crippen molar-refractivity contribution in [2.75, 3.05) is 33.4 Å². The number of ether oxygens (including phenoxy) is 2. The van der Waals surface area contributed by atoms with Crippen LogP contribution in [-0.2, 0) is 11.3 Å². The molecule has 96 valence electrons. The van der Waals surface area contributed by atoms with Gasteiger partial charge in [-0.3, -0.25) is 9.58 Å². The SMILES string of the molecule is COc1cnn(CCN2CCOC[C@H]2C)c1C. The maximum absolute atomic E-state index is 5.43. The van der Waals surface area contributed by atoms with Crippen molar-refractivity contribution in [1.82, 2.24) is 14.7 Å². The summed E-state index contributed by atoms with van der Waals surface area (Å²) in [5.74, 6) is 0.861. The van der Waals surface area contributed by atoms with Crippen molar-refractivity contribution in [2.45, 2.75) is 26.4 Å². The highest BCUT2D eigenvalue weighted by atomic mass is 16.5. The molecule has 2 heterocycles. The van der Waals surface area contributed by atoms with Gasteiger partial charge in [-0.25, -0.2) is 0 Å². The average molecular weight is 239 g/mol. The van der Waals surface area contributed by atoms with Crippen LogP contribution in [0.25, 0.3) is 0 Å². The van der Waals surface area contributed by atoms with Gasteiger partial charge in [0.2, 0.25) is 0 Å². The lowest BCUT2D eigenvalue weighted by molar-refractivity contribution is -0.00210. The molecule has 1 aliphatic rings. The van der Waals surface area contributed by atoms with Crippen molar-refractivity contribution in [1.29, 1.82) is 0 Å². The molecule has 5 nitrogen and oxygen atoms in total. The lowest BCUT2D eigenvalue weighted by Gasteiger charge is -2.33. The number of hydrogen-bond acceptors (Lipinski definition) is 4. The largest absolute Gasteiger partial charge is 0.493 e. The van der Waals surface area contributed by atoms with Gasteiger partial charge in [0.1, 0.15) is 0 Å². The molecule has 1 aromatic heterocycles. The summed E-state index contributed by atoms with van der Waals surface area (Å²) in [6, 6.07) is 0.501. The van der Waals surface area contributed by atoms with Gasteiger partial charge in [-0.15, -0.1) is 0 Å². The number of nitrogens with zero attached hydrogens (tertiary/aromatic N) is 3. The Labute approximate surface area is 102 Å². The summed E-state index contributed by atoms with van der Waals surface area (Å²) in [5, 5.41) is 4.33. The fourth-order valence-electron chi connectivity index (χ4n) is 2.17. The number of methoxy groups -OCH3 is 1. The minimum atomic E-state index is 0.501. The highest BCUT2D eigenvalue weighted by molar-refractivity contribution is 5.23. The normalized spacial score (nSPS) is 21.7. The molecular weight excluding hydrogens is 218 g/mol. The zero-order chi connectivity index (χ0) is 12.3. The third kappa shape index (κ3) is 2.79. The van der Waals surface area contributed by atoms with Crippen molar-refractivity contribution in [2.24, 2.45) is 0 Å². The van der Waals surface area contributed by atoms with E-state index in [1.54, 1.807) is 13.3 Å². The van der Waals surface area contributed by atoms with Gasteiger partial charge in [0.15, 0.2) is 5.75 Å². The molecule has 0 spiro atoms. The Kier molecular flexibility index (Phi) is 4.02. The molecule has 2 rings (SSSR count). The second-order valence-electron chi connectivity index (χ2n) is 4.48. The molecule has 0 bridgehead atoms. The Hall–Kier alpha value is -1.07. The molecule has 0 radical (unpaired) electrons. The summed E-state index contributed by atoms with van der Waals surface area (Å²) in [4.78, 5) is 2.44. The second-order valence-corrected chi connectivity index (χ2v) is 4.48. The highest BCUT2D eigenvalue weighted by Gasteiger charge is 2.18. The molecule has 1 aliphatic heterocycles. The van der Waals surface area contributed by atoms with Gasteiger partial charge in [0.25, 0.3) is 0 Å². The van der Waals surface area contributed by atoms with Crippen LogP contribution in [0.15, 0.2) is 6.20 Å². The van der Waals surface area contributed by atoms with E-state index in [0.29, 0.717) is 6.04 Å². The molecule has 0 N–H and O–H groups in total. The molecule has 0 aliphatic carbocycles. The van der Waals surface area contributed by atoms with Crippen LogP contribution < -0.4 is 4.74 Å². The summed E-state index contributed by atoms with van der Waals surface area (Å²) in [6.45, 7) is 8.84. The Morgan fingerprint density at radius 1 is 1.53 bits per heavy atom. The van der Waals surface area contributed by atoms with Gasteiger partial charge in [-0.05, 0) is 13.8 Å². The first kappa shape index (κ1) is 12.4. The van der Waals surface area contributed by atoms with Crippen LogP contribution in [0.1, 0.15) is 12.6 Å². The standard InChI is InChI=1S/C12H21N3O2/c1-10-9-17-7-6-14(10)4-5-15-11(2)12(16-3)8-13-15/h8,10H,4-7,9H2,1-3H3/t10-/m1/s1. The van der Waals surface area contributed by atoms with E-state index in [1.165, 1.54) is 0 Å². The molecule has 1 atom stereocenters. The van der Waals surface area contributed by atoms with Crippen LogP contribution in [0, 0.1) is 6.92 Å². The van der Waals surface area contributed by atoms with Crippen LogP contribution in [0.4, 0.5) is 0 Å². The first-order valence-electron chi connectivity index (χ1n) is 6.10. The molecular formula is C12H21N3O2. The van der Waals surface area contributed by atoms with Crippen LogP contribution >= 0.6 is 0 Å². The van der Waals surface area contributed by atoms with Crippen LogP contribution in [-0.4, -0.2) is 54.1 Å². The lowest BCUT2D eigenvalue weighted by atomic mass is 10.2. The zero-order valence-electron chi connectivity index (χ0n) is 10.8. The second kappa shape index (κ2) is 5.51. The van der Waals surface area contributed by atoms with Crippen LogP contribution in [0.2, 0.25) is 0 Å². The van der Waals surface area contributed by atoms with Gasteiger partial charge in [-0.2, -0.15) is 5.10 Å². The Bertz CT molecular complexity index is 365. The smallest absolute Gasteiger partial charge is 0.159 e. The Balaban J connectivity index is 1.90. The molecule has 0 saturated carbocycles. The molecule has 1 saturated heterocycles. The van der Waals surface area contributed by atoms with E-state index >= 15 is 0 Å². The summed E-state index contributed by atoms with van der Waals surface area (Å²) in [6.07, 6.45) is 1.78. The van der Waals surface area contributed by atoms with E-state index in [4.69, 9.17) is 9.47 Å². The summed E-state index contributed by atoms with van der Waals surface area (Å²) >= 11 is 0. The highest BCUT2D eigenvalue weighted by Crippen LogP contribution is 2.15. The van der Waals surface area contributed by atoms with E-state index in [1.807, 2.05) is 11.6 Å². The van der Waals surface area contributed by atoms with Gasteiger partial charge in [0, 0.05) is 19.1 Å². The third-order valence-corrected chi connectivity index (χ3v) is 3.38. The molecule has 0 amide bonds. The van der Waals surface area contributed by atoms with Gasteiger partial charge in [0.05, 0.1) is 38.8 Å². The van der Waals surface area contributed by atoms with Crippen molar-refractivity contribution in [3.63, 3.8) is 0 Å². The minimum absolute atomic E-state index is 0.501. The lowest BCUT2D eigenvalue weighted by Crippen LogP contribution is -2.45. The van der Waals surface area contributed by atoms with Gasteiger partial charge >= 0.3 is 0 Å². The summed E-state index contributed by atoms with van der Waals surface area (Å²) in [5.41, 5.74) is 1.09. The quantitative estimate of drug-likeness (QED) is 0.783. The number of aromatic nitrogens is 2. The number of rotatable bonds is 4. The first-order chi connectivity index (χ1) is 8.22. The fourth-order valence-corrected chi connectivity index (χ4v) is 2.17. The molecule has 5 heteroatoms. The van der Waals surface area contributed by atoms with Crippen LogP contribution in [0.3, 0.4) is 0 Å². The first-order valence-corrected chi connectivity index (χ1v) is 6.10. The monoisotopic (exact) mass is 239 g/mol. The summed E-state index contributed by atoms with van der Waals surface area (Å²) < 4.78 is 12.6.